The molecule has 164 valence electrons. The third-order valence-electron chi connectivity index (χ3n) is 4.42. The van der Waals surface area contributed by atoms with Crippen LogP contribution in [0.4, 0.5) is 5.69 Å². The number of carbonyl (C=O) groups is 1. The fraction of sp³-hybridized carbons (Fsp3) is 0.167. The van der Waals surface area contributed by atoms with Crippen LogP contribution in [0.5, 0.6) is 11.5 Å². The Morgan fingerprint density at radius 1 is 1.00 bits per heavy atom. The molecule has 0 aliphatic heterocycles. The maximum absolute atomic E-state index is 12.1. The monoisotopic (exact) mass is 433 g/mol. The highest BCUT2D eigenvalue weighted by molar-refractivity contribution is 5.84. The van der Waals surface area contributed by atoms with Crippen LogP contribution in [0.1, 0.15) is 23.6 Å². The van der Waals surface area contributed by atoms with Crippen molar-refractivity contribution in [3.63, 3.8) is 0 Å². The number of amides is 1. The zero-order chi connectivity index (χ0) is 22.8. The van der Waals surface area contributed by atoms with E-state index in [2.05, 4.69) is 10.5 Å². The molecular weight excluding hydrogens is 410 g/mol. The molecule has 0 aliphatic rings. The van der Waals surface area contributed by atoms with Gasteiger partial charge in [-0.05, 0) is 41.8 Å². The molecule has 8 heteroatoms. The van der Waals surface area contributed by atoms with Gasteiger partial charge in [0, 0.05) is 12.1 Å². The first-order chi connectivity index (χ1) is 15.5. The Bertz CT molecular complexity index is 1080. The lowest BCUT2D eigenvalue weighted by Crippen LogP contribution is -2.19. The number of carbonyl (C=O) groups excluding carboxylic acids is 1. The number of nitro groups is 1. The van der Waals surface area contributed by atoms with Crippen LogP contribution in [0.2, 0.25) is 0 Å². The van der Waals surface area contributed by atoms with E-state index in [0.29, 0.717) is 30.3 Å². The first kappa shape index (κ1) is 22.5. The van der Waals surface area contributed by atoms with Crippen molar-refractivity contribution < 1.29 is 19.2 Å². The summed E-state index contributed by atoms with van der Waals surface area (Å²) in [7, 11) is 0. The molecule has 0 aliphatic carbocycles. The van der Waals surface area contributed by atoms with Gasteiger partial charge in [-0.15, -0.1) is 0 Å². The summed E-state index contributed by atoms with van der Waals surface area (Å²) in [4.78, 5) is 22.3. The van der Waals surface area contributed by atoms with E-state index in [9.17, 15) is 14.9 Å². The molecule has 0 saturated heterocycles. The summed E-state index contributed by atoms with van der Waals surface area (Å²) >= 11 is 0. The average Bonchev–Trinajstić information content (AvgIpc) is 2.80. The third kappa shape index (κ3) is 6.66. The van der Waals surface area contributed by atoms with Crippen molar-refractivity contribution in [2.24, 2.45) is 5.10 Å². The molecule has 0 bridgehead atoms. The minimum atomic E-state index is -0.483. The van der Waals surface area contributed by atoms with Gasteiger partial charge >= 0.3 is 0 Å². The van der Waals surface area contributed by atoms with Crippen LogP contribution in [0.25, 0.3) is 0 Å². The molecule has 8 nitrogen and oxygen atoms in total. The fourth-order valence-corrected chi connectivity index (χ4v) is 2.87. The Kier molecular flexibility index (Phi) is 7.91. The Balaban J connectivity index is 1.57. The second-order valence-electron chi connectivity index (χ2n) is 6.81. The average molecular weight is 433 g/mol. The van der Waals surface area contributed by atoms with Gasteiger partial charge < -0.3 is 9.47 Å². The van der Waals surface area contributed by atoms with Crippen molar-refractivity contribution in [3.05, 3.63) is 99.6 Å². The lowest BCUT2D eigenvalue weighted by atomic mass is 10.1. The molecule has 3 aromatic rings. The molecule has 0 spiro atoms. The molecule has 1 N–H and O–H groups in total. The predicted molar refractivity (Wildman–Crippen MR) is 121 cm³/mol. The number of ether oxygens (including phenoxy) is 2. The van der Waals surface area contributed by atoms with E-state index in [4.69, 9.17) is 9.47 Å². The summed E-state index contributed by atoms with van der Waals surface area (Å²) < 4.78 is 11.6. The van der Waals surface area contributed by atoms with E-state index in [1.807, 2.05) is 43.3 Å². The van der Waals surface area contributed by atoms with Crippen molar-refractivity contribution in [1.29, 1.82) is 0 Å². The highest BCUT2D eigenvalue weighted by Gasteiger charge is 2.08. The first-order valence-corrected chi connectivity index (χ1v) is 10.0. The van der Waals surface area contributed by atoms with Gasteiger partial charge in [0.2, 0.25) is 5.91 Å². The summed E-state index contributed by atoms with van der Waals surface area (Å²) in [5.41, 5.74) is 4.87. The largest absolute Gasteiger partial charge is 0.490 e. The minimum Gasteiger partial charge on any atom is -0.490 e. The number of non-ortho nitro benzene ring substituents is 1. The molecule has 0 saturated carbocycles. The first-order valence-electron chi connectivity index (χ1n) is 10.0. The molecule has 1 amide bonds. The number of nitro benzene ring substituents is 1. The zero-order valence-corrected chi connectivity index (χ0v) is 17.6. The normalized spacial score (nSPS) is 10.7. The van der Waals surface area contributed by atoms with Gasteiger partial charge in [-0.3, -0.25) is 14.9 Å². The maximum Gasteiger partial charge on any atom is 0.269 e. The molecule has 0 atom stereocenters. The van der Waals surface area contributed by atoms with Crippen molar-refractivity contribution in [3.8, 4) is 11.5 Å². The number of benzene rings is 3. The van der Waals surface area contributed by atoms with Crippen molar-refractivity contribution in [2.75, 3.05) is 6.61 Å². The number of rotatable bonds is 10. The fourth-order valence-electron chi connectivity index (χ4n) is 2.87. The summed E-state index contributed by atoms with van der Waals surface area (Å²) in [5.74, 6) is 0.877. The van der Waals surface area contributed by atoms with E-state index in [1.54, 1.807) is 24.3 Å². The maximum atomic E-state index is 12.1. The molecule has 0 aromatic heterocycles. The van der Waals surface area contributed by atoms with Crippen LogP contribution in [0.3, 0.4) is 0 Å². The smallest absolute Gasteiger partial charge is 0.269 e. The van der Waals surface area contributed by atoms with Crippen molar-refractivity contribution in [1.82, 2.24) is 5.43 Å². The number of hydrazone groups is 1. The van der Waals surface area contributed by atoms with E-state index < -0.39 is 4.92 Å². The minimum absolute atomic E-state index is 0.0199. The van der Waals surface area contributed by atoms with E-state index >= 15 is 0 Å². The Labute approximate surface area is 185 Å². The summed E-state index contributed by atoms with van der Waals surface area (Å²) in [5, 5.41) is 14.7. The summed E-state index contributed by atoms with van der Waals surface area (Å²) in [6, 6.07) is 21.1. The lowest BCUT2D eigenvalue weighted by Gasteiger charge is -2.12. The molecule has 0 radical (unpaired) electrons. The van der Waals surface area contributed by atoms with Crippen LogP contribution >= 0.6 is 0 Å². The topological polar surface area (TPSA) is 103 Å². The highest BCUT2D eigenvalue weighted by Crippen LogP contribution is 2.28. The number of hydrogen-bond donors (Lipinski definition) is 1. The van der Waals surface area contributed by atoms with Gasteiger partial charge in [0.05, 0.1) is 24.2 Å². The zero-order valence-electron chi connectivity index (χ0n) is 17.6. The highest BCUT2D eigenvalue weighted by atomic mass is 16.6. The number of hydrogen-bond acceptors (Lipinski definition) is 6. The van der Waals surface area contributed by atoms with Crippen LogP contribution in [0, 0.1) is 10.1 Å². The molecule has 0 heterocycles. The lowest BCUT2D eigenvalue weighted by molar-refractivity contribution is -0.384. The Morgan fingerprint density at radius 2 is 1.75 bits per heavy atom. The van der Waals surface area contributed by atoms with Gasteiger partial charge in [-0.2, -0.15) is 5.10 Å². The van der Waals surface area contributed by atoms with Gasteiger partial charge in [-0.1, -0.05) is 42.5 Å². The Morgan fingerprint density at radius 3 is 2.44 bits per heavy atom. The molecule has 3 aromatic carbocycles. The number of nitrogens with zero attached hydrogens (tertiary/aromatic N) is 2. The standard InChI is InChI=1S/C24H23N3O5/c1-2-31-23-14-20(10-13-22(23)32-17-19-6-4-3-5-7-19)16-25-26-24(28)15-18-8-11-21(12-9-18)27(29)30/h3-14,16H,2,15,17H2,1H3,(H,26,28)/b25-16+. The third-order valence-corrected chi connectivity index (χ3v) is 4.42. The molecule has 3 rings (SSSR count). The van der Waals surface area contributed by atoms with Gasteiger partial charge in [0.15, 0.2) is 11.5 Å². The van der Waals surface area contributed by atoms with Gasteiger partial charge in [-0.25, -0.2) is 5.43 Å². The quantitative estimate of drug-likeness (QED) is 0.292. The van der Waals surface area contributed by atoms with Crippen molar-refractivity contribution in [2.45, 2.75) is 20.0 Å². The van der Waals surface area contributed by atoms with Crippen LogP contribution in [0.15, 0.2) is 77.9 Å². The van der Waals surface area contributed by atoms with Crippen LogP contribution < -0.4 is 14.9 Å². The summed E-state index contributed by atoms with van der Waals surface area (Å²) in [6.45, 7) is 2.79. The van der Waals surface area contributed by atoms with Gasteiger partial charge in [0.1, 0.15) is 6.61 Å². The molecular formula is C24H23N3O5. The van der Waals surface area contributed by atoms with Crippen LogP contribution in [-0.4, -0.2) is 23.7 Å². The second-order valence-corrected chi connectivity index (χ2v) is 6.81. The summed E-state index contributed by atoms with van der Waals surface area (Å²) in [6.07, 6.45) is 1.57. The van der Waals surface area contributed by atoms with Crippen molar-refractivity contribution >= 4 is 17.8 Å². The van der Waals surface area contributed by atoms with Crippen LogP contribution in [-0.2, 0) is 17.8 Å². The molecule has 0 unspecified atom stereocenters. The molecule has 32 heavy (non-hydrogen) atoms. The Hall–Kier alpha value is -4.20. The number of nitrogens with one attached hydrogen (secondary N) is 1. The van der Waals surface area contributed by atoms with E-state index in [-0.39, 0.29) is 18.0 Å². The predicted octanol–water partition coefficient (Wildman–Crippen LogP) is 4.27. The van der Waals surface area contributed by atoms with E-state index in [1.165, 1.54) is 18.3 Å². The van der Waals surface area contributed by atoms with Gasteiger partial charge in [0.25, 0.3) is 5.69 Å². The SMILES string of the molecule is CCOc1cc(/C=N/NC(=O)Cc2ccc([N+](=O)[O-])cc2)ccc1OCc1ccccc1. The molecule has 0 fully saturated rings. The van der Waals surface area contributed by atoms with E-state index in [0.717, 1.165) is 11.1 Å². The second kappa shape index (κ2) is 11.3.